The van der Waals surface area contributed by atoms with Gasteiger partial charge in [0.1, 0.15) is 11.6 Å². The molecule has 0 spiro atoms. The lowest BCUT2D eigenvalue weighted by Gasteiger charge is -2.07. The third-order valence-electron chi connectivity index (χ3n) is 2.39. The predicted octanol–water partition coefficient (Wildman–Crippen LogP) is 1.48. The van der Waals surface area contributed by atoms with E-state index in [9.17, 15) is 14.4 Å². The Labute approximate surface area is 123 Å². The van der Waals surface area contributed by atoms with Gasteiger partial charge >= 0.3 is 5.69 Å². The number of aromatic nitrogens is 2. The van der Waals surface area contributed by atoms with E-state index in [-0.39, 0.29) is 11.6 Å². The summed E-state index contributed by atoms with van der Waals surface area (Å²) in [5.41, 5.74) is -0.894. The first-order valence-electron chi connectivity index (χ1n) is 5.50. The van der Waals surface area contributed by atoms with Crippen LogP contribution in [0.5, 0.6) is 0 Å². The molecule has 2 rings (SSSR count). The zero-order valence-corrected chi connectivity index (χ0v) is 11.5. The molecule has 0 atom stereocenters. The van der Waals surface area contributed by atoms with Gasteiger partial charge < -0.3 is 5.32 Å². The van der Waals surface area contributed by atoms with Gasteiger partial charge in [-0.05, 0) is 18.2 Å². The van der Waals surface area contributed by atoms with Crippen LogP contribution in [0.4, 0.5) is 5.69 Å². The molecular formula is C12H9Cl2N3O3. The smallest absolute Gasteiger partial charge is 0.324 e. The molecular weight excluding hydrogens is 305 g/mol. The van der Waals surface area contributed by atoms with Crippen LogP contribution >= 0.6 is 23.2 Å². The average Bonchev–Trinajstić information content (AvgIpc) is 2.36. The summed E-state index contributed by atoms with van der Waals surface area (Å²) in [5.74, 6) is -0.447. The molecule has 0 aliphatic heterocycles. The van der Waals surface area contributed by atoms with Gasteiger partial charge in [0.2, 0.25) is 5.91 Å². The second-order valence-corrected chi connectivity index (χ2v) is 4.77. The topological polar surface area (TPSA) is 84.0 Å². The molecule has 2 aromatic rings. The van der Waals surface area contributed by atoms with E-state index in [1.165, 1.54) is 0 Å². The lowest BCUT2D eigenvalue weighted by Crippen LogP contribution is -2.33. The number of benzene rings is 1. The van der Waals surface area contributed by atoms with E-state index in [0.29, 0.717) is 10.7 Å². The summed E-state index contributed by atoms with van der Waals surface area (Å²) in [6.07, 6.45) is 1.11. The maximum atomic E-state index is 11.8. The molecule has 0 fully saturated rings. The molecule has 1 heterocycles. The van der Waals surface area contributed by atoms with Gasteiger partial charge in [0.25, 0.3) is 5.56 Å². The highest BCUT2D eigenvalue weighted by atomic mass is 35.5. The predicted molar refractivity (Wildman–Crippen MR) is 76.4 cm³/mol. The van der Waals surface area contributed by atoms with E-state index in [4.69, 9.17) is 23.2 Å². The summed E-state index contributed by atoms with van der Waals surface area (Å²) in [6, 6.07) is 6.58. The molecule has 1 aromatic heterocycles. The molecule has 0 radical (unpaired) electrons. The molecule has 0 aliphatic rings. The quantitative estimate of drug-likeness (QED) is 0.900. The Hall–Kier alpha value is -2.05. The maximum absolute atomic E-state index is 11.8. The number of amides is 1. The van der Waals surface area contributed by atoms with E-state index in [1.54, 1.807) is 24.3 Å². The van der Waals surface area contributed by atoms with Gasteiger partial charge in [-0.15, -0.1) is 0 Å². The molecule has 6 nitrogen and oxygen atoms in total. The third-order valence-corrected chi connectivity index (χ3v) is 2.89. The summed E-state index contributed by atoms with van der Waals surface area (Å²) in [6.45, 7) is -0.276. The van der Waals surface area contributed by atoms with E-state index < -0.39 is 17.2 Å². The third kappa shape index (κ3) is 3.49. The van der Waals surface area contributed by atoms with Crippen LogP contribution in [0.2, 0.25) is 10.0 Å². The van der Waals surface area contributed by atoms with Crippen molar-refractivity contribution in [2.75, 3.05) is 5.32 Å². The number of nitrogens with zero attached hydrogens (tertiary/aromatic N) is 1. The van der Waals surface area contributed by atoms with Crippen molar-refractivity contribution < 1.29 is 4.79 Å². The van der Waals surface area contributed by atoms with E-state index in [1.807, 2.05) is 4.98 Å². The van der Waals surface area contributed by atoms with E-state index in [0.717, 1.165) is 10.8 Å². The van der Waals surface area contributed by atoms with Gasteiger partial charge in [-0.25, -0.2) is 4.79 Å². The summed E-state index contributed by atoms with van der Waals surface area (Å²) in [4.78, 5) is 36.4. The minimum Gasteiger partial charge on any atom is -0.324 e. The number of hydrogen-bond acceptors (Lipinski definition) is 3. The fraction of sp³-hybridized carbons (Fsp3) is 0.0833. The van der Waals surface area contributed by atoms with Gasteiger partial charge in [-0.2, -0.15) is 0 Å². The number of halogens is 2. The van der Waals surface area contributed by atoms with Crippen molar-refractivity contribution in [1.29, 1.82) is 0 Å². The fourth-order valence-corrected chi connectivity index (χ4v) is 1.88. The summed E-state index contributed by atoms with van der Waals surface area (Å²) in [5, 5.41) is 2.89. The monoisotopic (exact) mass is 313 g/mol. The molecule has 0 aliphatic carbocycles. The van der Waals surface area contributed by atoms with Gasteiger partial charge in [-0.1, -0.05) is 29.3 Å². The van der Waals surface area contributed by atoms with Crippen LogP contribution in [-0.4, -0.2) is 15.5 Å². The van der Waals surface area contributed by atoms with Crippen molar-refractivity contribution in [1.82, 2.24) is 9.55 Å². The summed E-state index contributed by atoms with van der Waals surface area (Å²) in [7, 11) is 0. The number of nitrogens with one attached hydrogen (secondary N) is 2. The average molecular weight is 314 g/mol. The van der Waals surface area contributed by atoms with Crippen LogP contribution in [0.3, 0.4) is 0 Å². The first kappa shape index (κ1) is 14.4. The number of rotatable bonds is 3. The number of carbonyl (C=O) groups is 1. The lowest BCUT2D eigenvalue weighted by atomic mass is 10.3. The van der Waals surface area contributed by atoms with Crippen LogP contribution in [0.25, 0.3) is 0 Å². The van der Waals surface area contributed by atoms with Gasteiger partial charge in [0.05, 0.1) is 0 Å². The van der Waals surface area contributed by atoms with Crippen molar-refractivity contribution >= 4 is 34.8 Å². The number of H-pyrrole nitrogens is 1. The van der Waals surface area contributed by atoms with E-state index in [2.05, 4.69) is 5.32 Å². The van der Waals surface area contributed by atoms with Crippen molar-refractivity contribution in [2.24, 2.45) is 0 Å². The number of anilines is 1. The van der Waals surface area contributed by atoms with E-state index >= 15 is 0 Å². The second kappa shape index (κ2) is 5.94. The fourth-order valence-electron chi connectivity index (χ4n) is 1.52. The Balaban J connectivity index is 2.15. The highest BCUT2D eigenvalue weighted by Crippen LogP contribution is 2.14. The number of aromatic amines is 1. The molecule has 2 N–H and O–H groups in total. The Morgan fingerprint density at radius 3 is 2.75 bits per heavy atom. The Morgan fingerprint density at radius 1 is 1.30 bits per heavy atom. The highest BCUT2D eigenvalue weighted by molar-refractivity contribution is 6.31. The standard InChI is InChI=1S/C12H9Cl2N3O3/c13-7-2-1-3-8(4-7)15-10(18)6-17-5-9(14)11(19)16-12(17)20/h1-5H,6H2,(H,15,18)(H,16,19,20). The first-order valence-corrected chi connectivity index (χ1v) is 6.26. The first-order chi connectivity index (χ1) is 9.45. The van der Waals surface area contributed by atoms with Gasteiger partial charge in [0.15, 0.2) is 0 Å². The van der Waals surface area contributed by atoms with Crippen LogP contribution in [0.15, 0.2) is 40.1 Å². The van der Waals surface area contributed by atoms with Crippen molar-refractivity contribution in [3.63, 3.8) is 0 Å². The number of hydrogen-bond donors (Lipinski definition) is 2. The van der Waals surface area contributed by atoms with Crippen molar-refractivity contribution in [3.05, 3.63) is 61.3 Å². The minimum atomic E-state index is -0.708. The molecule has 0 bridgehead atoms. The zero-order chi connectivity index (χ0) is 14.7. The van der Waals surface area contributed by atoms with Crippen LogP contribution in [0.1, 0.15) is 0 Å². The van der Waals surface area contributed by atoms with Gasteiger partial charge in [-0.3, -0.25) is 19.1 Å². The van der Waals surface area contributed by atoms with Crippen LogP contribution < -0.4 is 16.6 Å². The second-order valence-electron chi connectivity index (χ2n) is 3.92. The molecule has 20 heavy (non-hydrogen) atoms. The Bertz CT molecular complexity index is 767. The lowest BCUT2D eigenvalue weighted by molar-refractivity contribution is -0.116. The van der Waals surface area contributed by atoms with Crippen LogP contribution in [-0.2, 0) is 11.3 Å². The molecule has 104 valence electrons. The summed E-state index contributed by atoms with van der Waals surface area (Å²) >= 11 is 11.4. The Kier molecular flexibility index (Phi) is 4.26. The molecule has 0 unspecified atom stereocenters. The van der Waals surface area contributed by atoms with Crippen molar-refractivity contribution in [2.45, 2.75) is 6.54 Å². The molecule has 0 saturated heterocycles. The molecule has 8 heteroatoms. The molecule has 1 amide bonds. The largest absolute Gasteiger partial charge is 0.328 e. The van der Waals surface area contributed by atoms with Crippen LogP contribution in [0, 0.1) is 0 Å². The van der Waals surface area contributed by atoms with Gasteiger partial charge in [0, 0.05) is 16.9 Å². The Morgan fingerprint density at radius 2 is 2.05 bits per heavy atom. The number of carbonyl (C=O) groups excluding carboxylic acids is 1. The summed E-state index contributed by atoms with van der Waals surface area (Å²) < 4.78 is 1.00. The molecule has 1 aromatic carbocycles. The minimum absolute atomic E-state index is 0.167. The maximum Gasteiger partial charge on any atom is 0.328 e. The SMILES string of the molecule is O=C(Cn1cc(Cl)c(=O)[nH]c1=O)Nc1cccc(Cl)c1. The zero-order valence-electron chi connectivity index (χ0n) is 10.0. The molecule has 0 saturated carbocycles. The highest BCUT2D eigenvalue weighted by Gasteiger charge is 2.08. The normalized spacial score (nSPS) is 10.3. The van der Waals surface area contributed by atoms with Crippen molar-refractivity contribution in [3.8, 4) is 0 Å².